The first-order valence-electron chi connectivity index (χ1n) is 8.36. The van der Waals surface area contributed by atoms with Gasteiger partial charge in [-0.3, -0.25) is 4.98 Å². The third-order valence-corrected chi connectivity index (χ3v) is 3.63. The van der Waals surface area contributed by atoms with Gasteiger partial charge in [0.25, 0.3) is 0 Å². The zero-order valence-electron chi connectivity index (χ0n) is 14.7. The minimum Gasteiger partial charge on any atom is -0.357 e. The van der Waals surface area contributed by atoms with Gasteiger partial charge >= 0.3 is 0 Å². The maximum Gasteiger partial charge on any atom is 0.191 e. The smallest absolute Gasteiger partial charge is 0.191 e. The first-order valence-corrected chi connectivity index (χ1v) is 8.36. The van der Waals surface area contributed by atoms with Gasteiger partial charge in [0.15, 0.2) is 5.96 Å². The molecule has 0 radical (unpaired) electrons. The summed E-state index contributed by atoms with van der Waals surface area (Å²) in [5, 5.41) is 10.8. The van der Waals surface area contributed by atoms with Crippen molar-refractivity contribution in [3.63, 3.8) is 0 Å². The van der Waals surface area contributed by atoms with E-state index in [9.17, 15) is 0 Å². The van der Waals surface area contributed by atoms with Crippen LogP contribution in [0.5, 0.6) is 0 Å². The van der Waals surface area contributed by atoms with Crippen molar-refractivity contribution in [1.29, 1.82) is 0 Å². The molecule has 0 aliphatic rings. The average Bonchev–Trinajstić information content (AvgIpc) is 3.20. The van der Waals surface area contributed by atoms with Gasteiger partial charge in [0.1, 0.15) is 0 Å². The molecule has 0 fully saturated rings. The molecule has 0 saturated carbocycles. The second-order valence-electron chi connectivity index (χ2n) is 5.49. The fraction of sp³-hybridized carbons (Fsp3) is 0.211. The minimum atomic E-state index is 0. The number of guanidine groups is 1. The number of aromatic nitrogens is 3. The van der Waals surface area contributed by atoms with E-state index in [0.717, 1.165) is 29.4 Å². The van der Waals surface area contributed by atoms with Crippen molar-refractivity contribution < 1.29 is 0 Å². The van der Waals surface area contributed by atoms with Crippen LogP contribution >= 0.6 is 24.0 Å². The molecule has 2 aromatic heterocycles. The number of nitrogens with one attached hydrogen (secondary N) is 2. The van der Waals surface area contributed by atoms with Crippen LogP contribution in [0.1, 0.15) is 18.2 Å². The van der Waals surface area contributed by atoms with E-state index in [4.69, 9.17) is 0 Å². The largest absolute Gasteiger partial charge is 0.357 e. The summed E-state index contributed by atoms with van der Waals surface area (Å²) in [4.78, 5) is 8.95. The summed E-state index contributed by atoms with van der Waals surface area (Å²) in [6.45, 7) is 4.12. The van der Waals surface area contributed by atoms with Gasteiger partial charge in [0.2, 0.25) is 0 Å². The van der Waals surface area contributed by atoms with Crippen LogP contribution < -0.4 is 10.6 Å². The molecule has 3 rings (SSSR count). The van der Waals surface area contributed by atoms with E-state index < -0.39 is 0 Å². The summed E-state index contributed by atoms with van der Waals surface area (Å²) in [7, 11) is 0. The standard InChI is InChI=1S/C19H22N6.HI/c1-2-20-19(23-15-17-6-3-4-11-21-17)22-14-16-7-9-18(10-8-16)25-13-5-12-24-25;/h3-13H,2,14-15H2,1H3,(H2,20,22,23);1H. The van der Waals surface area contributed by atoms with Crippen molar-refractivity contribution in [2.75, 3.05) is 6.54 Å². The lowest BCUT2D eigenvalue weighted by molar-refractivity contribution is 0.799. The van der Waals surface area contributed by atoms with E-state index in [1.54, 1.807) is 12.4 Å². The molecule has 2 N–H and O–H groups in total. The number of pyridine rings is 1. The van der Waals surface area contributed by atoms with Gasteiger partial charge in [-0.2, -0.15) is 5.10 Å². The van der Waals surface area contributed by atoms with Crippen LogP contribution in [0, 0.1) is 0 Å². The number of rotatable bonds is 6. The van der Waals surface area contributed by atoms with E-state index in [1.165, 1.54) is 0 Å². The number of halogens is 1. The second-order valence-corrected chi connectivity index (χ2v) is 5.49. The van der Waals surface area contributed by atoms with E-state index in [0.29, 0.717) is 13.1 Å². The fourth-order valence-corrected chi connectivity index (χ4v) is 2.36. The SMILES string of the molecule is CCNC(=NCc1ccc(-n2cccn2)cc1)NCc1ccccn1.I. The zero-order chi connectivity index (χ0) is 17.3. The Balaban J connectivity index is 0.00000243. The molecule has 2 heterocycles. The Morgan fingerprint density at radius 1 is 1.04 bits per heavy atom. The molecule has 0 bridgehead atoms. The van der Waals surface area contributed by atoms with Crippen LogP contribution in [-0.4, -0.2) is 27.3 Å². The monoisotopic (exact) mass is 462 g/mol. The highest BCUT2D eigenvalue weighted by molar-refractivity contribution is 14.0. The zero-order valence-corrected chi connectivity index (χ0v) is 17.0. The molecule has 0 amide bonds. The Morgan fingerprint density at radius 3 is 2.54 bits per heavy atom. The Labute approximate surface area is 170 Å². The topological polar surface area (TPSA) is 67.1 Å². The molecule has 0 unspecified atom stereocenters. The molecule has 6 nitrogen and oxygen atoms in total. The fourth-order valence-electron chi connectivity index (χ4n) is 2.36. The number of hydrogen-bond acceptors (Lipinski definition) is 3. The molecule has 0 saturated heterocycles. The molecular weight excluding hydrogens is 439 g/mol. The van der Waals surface area contributed by atoms with Crippen LogP contribution in [0.2, 0.25) is 0 Å². The van der Waals surface area contributed by atoms with Crippen LogP contribution in [-0.2, 0) is 13.1 Å². The highest BCUT2D eigenvalue weighted by Gasteiger charge is 2.00. The van der Waals surface area contributed by atoms with Crippen molar-refractivity contribution >= 4 is 29.9 Å². The van der Waals surface area contributed by atoms with Crippen molar-refractivity contribution in [2.45, 2.75) is 20.0 Å². The lowest BCUT2D eigenvalue weighted by Gasteiger charge is -2.11. The first-order chi connectivity index (χ1) is 12.3. The summed E-state index contributed by atoms with van der Waals surface area (Å²) in [6.07, 6.45) is 5.49. The maximum absolute atomic E-state index is 4.64. The molecule has 0 aliphatic heterocycles. The third-order valence-electron chi connectivity index (χ3n) is 3.63. The molecule has 0 atom stereocenters. The molecule has 3 aromatic rings. The summed E-state index contributed by atoms with van der Waals surface area (Å²) in [6, 6.07) is 16.0. The van der Waals surface area contributed by atoms with E-state index in [1.807, 2.05) is 47.3 Å². The molecule has 26 heavy (non-hydrogen) atoms. The number of hydrogen-bond donors (Lipinski definition) is 2. The lowest BCUT2D eigenvalue weighted by atomic mass is 10.2. The number of benzene rings is 1. The van der Waals surface area contributed by atoms with Crippen LogP contribution in [0.4, 0.5) is 0 Å². The van der Waals surface area contributed by atoms with Crippen LogP contribution in [0.25, 0.3) is 5.69 Å². The molecule has 0 spiro atoms. The number of aliphatic imine (C=N–C) groups is 1. The molecule has 1 aromatic carbocycles. The molecule has 136 valence electrons. The van der Waals surface area contributed by atoms with E-state index in [2.05, 4.69) is 44.8 Å². The Bertz CT molecular complexity index is 785. The quantitative estimate of drug-likeness (QED) is 0.336. The summed E-state index contributed by atoms with van der Waals surface area (Å²) < 4.78 is 1.84. The Morgan fingerprint density at radius 2 is 1.88 bits per heavy atom. The van der Waals surface area contributed by atoms with Gasteiger partial charge in [-0.25, -0.2) is 9.67 Å². The Hall–Kier alpha value is -2.42. The highest BCUT2D eigenvalue weighted by Crippen LogP contribution is 2.09. The normalized spacial score (nSPS) is 10.9. The summed E-state index contributed by atoms with van der Waals surface area (Å²) in [5.41, 5.74) is 3.17. The van der Waals surface area contributed by atoms with Gasteiger partial charge in [0, 0.05) is 25.1 Å². The maximum atomic E-state index is 4.64. The second kappa shape index (κ2) is 10.5. The summed E-state index contributed by atoms with van der Waals surface area (Å²) in [5.74, 6) is 0.782. The van der Waals surface area contributed by atoms with Gasteiger partial charge in [0.05, 0.1) is 24.5 Å². The predicted molar refractivity (Wildman–Crippen MR) is 115 cm³/mol. The molecular formula is C19H23IN6. The Kier molecular flexibility index (Phi) is 8.07. The van der Waals surface area contributed by atoms with Crippen molar-refractivity contribution in [3.05, 3.63) is 78.4 Å². The van der Waals surface area contributed by atoms with Crippen molar-refractivity contribution in [1.82, 2.24) is 25.4 Å². The molecule has 7 heteroatoms. The predicted octanol–water partition coefficient (Wildman–Crippen LogP) is 3.14. The van der Waals surface area contributed by atoms with E-state index >= 15 is 0 Å². The van der Waals surface area contributed by atoms with E-state index in [-0.39, 0.29) is 24.0 Å². The minimum absolute atomic E-state index is 0. The van der Waals surface area contributed by atoms with Crippen LogP contribution in [0.15, 0.2) is 72.1 Å². The third kappa shape index (κ3) is 5.83. The van der Waals surface area contributed by atoms with Gasteiger partial charge in [-0.05, 0) is 42.8 Å². The number of nitrogens with zero attached hydrogens (tertiary/aromatic N) is 4. The lowest BCUT2D eigenvalue weighted by Crippen LogP contribution is -2.36. The first kappa shape index (κ1) is 19.9. The highest BCUT2D eigenvalue weighted by atomic mass is 127. The van der Waals surface area contributed by atoms with Crippen LogP contribution in [0.3, 0.4) is 0 Å². The summed E-state index contributed by atoms with van der Waals surface area (Å²) >= 11 is 0. The van der Waals surface area contributed by atoms with Gasteiger partial charge in [-0.1, -0.05) is 18.2 Å². The average molecular weight is 462 g/mol. The van der Waals surface area contributed by atoms with Gasteiger partial charge in [-0.15, -0.1) is 24.0 Å². The van der Waals surface area contributed by atoms with Gasteiger partial charge < -0.3 is 10.6 Å². The van der Waals surface area contributed by atoms with Crippen molar-refractivity contribution in [3.8, 4) is 5.69 Å². The van der Waals surface area contributed by atoms with Crippen molar-refractivity contribution in [2.24, 2.45) is 4.99 Å². The molecule has 0 aliphatic carbocycles.